The molecule has 3 aromatic rings. The van der Waals surface area contributed by atoms with Crippen LogP contribution in [0.3, 0.4) is 0 Å². The number of H-pyrrole nitrogens is 1. The van der Waals surface area contributed by atoms with Crippen molar-refractivity contribution in [1.29, 1.82) is 0 Å². The van der Waals surface area contributed by atoms with E-state index in [9.17, 15) is 18.4 Å². The Kier molecular flexibility index (Phi) is 5.62. The number of carbonyl (C=O) groups excluding carboxylic acids is 2. The topological polar surface area (TPSA) is 82.2 Å². The molecule has 5 rings (SSSR count). The highest BCUT2D eigenvalue weighted by atomic mass is 19.1. The molecule has 2 amide bonds. The summed E-state index contributed by atoms with van der Waals surface area (Å²) >= 11 is 0. The summed E-state index contributed by atoms with van der Waals surface area (Å²) < 4.78 is 26.8. The quantitative estimate of drug-likeness (QED) is 0.620. The molecule has 33 heavy (non-hydrogen) atoms. The third kappa shape index (κ3) is 4.35. The Bertz CT molecular complexity index is 1220. The van der Waals surface area contributed by atoms with Crippen LogP contribution in [0.1, 0.15) is 28.8 Å². The van der Waals surface area contributed by atoms with Crippen molar-refractivity contribution in [3.63, 3.8) is 0 Å². The Hall–Kier alpha value is -3.62. The first-order chi connectivity index (χ1) is 16.0. The molecule has 2 aliphatic heterocycles. The monoisotopic (exact) mass is 451 g/mol. The molecule has 7 nitrogen and oxygen atoms in total. The molecule has 9 heteroatoms. The highest BCUT2D eigenvalue weighted by Gasteiger charge is 2.37. The number of halogens is 2. The maximum Gasteiger partial charge on any atom is 0.253 e. The highest BCUT2D eigenvalue weighted by Crippen LogP contribution is 2.33. The van der Waals surface area contributed by atoms with Gasteiger partial charge in [0, 0.05) is 49.4 Å². The summed E-state index contributed by atoms with van der Waals surface area (Å²) in [6.45, 7) is 2.50. The van der Waals surface area contributed by atoms with E-state index in [-0.39, 0.29) is 17.4 Å². The molecule has 0 unspecified atom stereocenters. The summed E-state index contributed by atoms with van der Waals surface area (Å²) in [7, 11) is 0. The van der Waals surface area contributed by atoms with Gasteiger partial charge in [0.25, 0.3) is 5.91 Å². The zero-order chi connectivity index (χ0) is 22.9. The number of benzene rings is 2. The van der Waals surface area contributed by atoms with Crippen LogP contribution in [0.25, 0.3) is 17.1 Å². The van der Waals surface area contributed by atoms with E-state index in [1.807, 2.05) is 11.0 Å². The van der Waals surface area contributed by atoms with Gasteiger partial charge in [-0.25, -0.2) is 8.78 Å². The van der Waals surface area contributed by atoms with Gasteiger partial charge in [-0.2, -0.15) is 0 Å². The predicted octanol–water partition coefficient (Wildman–Crippen LogP) is 3.26. The van der Waals surface area contributed by atoms with Crippen LogP contribution < -0.4 is 0 Å². The van der Waals surface area contributed by atoms with Crippen molar-refractivity contribution in [1.82, 2.24) is 25.2 Å². The van der Waals surface area contributed by atoms with Gasteiger partial charge in [0.1, 0.15) is 17.2 Å². The molecule has 3 heterocycles. The number of rotatable bonds is 3. The molecule has 170 valence electrons. The van der Waals surface area contributed by atoms with Crippen LogP contribution in [0.15, 0.2) is 42.5 Å². The number of nitrogens with zero attached hydrogens (tertiary/aromatic N) is 4. The Morgan fingerprint density at radius 2 is 1.76 bits per heavy atom. The van der Waals surface area contributed by atoms with Crippen LogP contribution in [0.5, 0.6) is 0 Å². The Balaban J connectivity index is 1.19. The Morgan fingerprint density at radius 1 is 1.00 bits per heavy atom. The number of nitrogens with one attached hydrogen (secondary N) is 1. The molecule has 2 fully saturated rings. The fraction of sp³-hybridized carbons (Fsp3) is 0.333. The summed E-state index contributed by atoms with van der Waals surface area (Å²) in [4.78, 5) is 29.3. The zero-order valence-corrected chi connectivity index (χ0v) is 17.9. The van der Waals surface area contributed by atoms with Crippen LogP contribution in [0, 0.1) is 23.5 Å². The number of likely N-dealkylation sites (tertiary alicyclic amines) is 2. The number of amides is 2. The third-order valence-corrected chi connectivity index (χ3v) is 6.66. The van der Waals surface area contributed by atoms with E-state index in [0.717, 1.165) is 30.5 Å². The fourth-order valence-electron chi connectivity index (χ4n) is 4.79. The van der Waals surface area contributed by atoms with Crippen LogP contribution >= 0.6 is 0 Å². The van der Waals surface area contributed by atoms with Gasteiger partial charge < -0.3 is 9.80 Å². The van der Waals surface area contributed by atoms with Crippen molar-refractivity contribution in [3.05, 3.63) is 65.2 Å². The molecular formula is C24H23F2N5O2. The lowest BCUT2D eigenvalue weighted by atomic mass is 9.92. The summed E-state index contributed by atoms with van der Waals surface area (Å²) in [5, 5.41) is 10.5. The molecule has 1 N–H and O–H groups in total. The average Bonchev–Trinajstić information content (AvgIpc) is 3.39. The van der Waals surface area contributed by atoms with Crippen molar-refractivity contribution < 1.29 is 18.4 Å². The predicted molar refractivity (Wildman–Crippen MR) is 118 cm³/mol. The molecule has 2 aliphatic rings. The van der Waals surface area contributed by atoms with Crippen LogP contribution in [-0.2, 0) is 4.79 Å². The Morgan fingerprint density at radius 3 is 2.48 bits per heavy atom. The van der Waals surface area contributed by atoms with Gasteiger partial charge in [0.2, 0.25) is 5.91 Å². The van der Waals surface area contributed by atoms with Crippen LogP contribution in [0.4, 0.5) is 8.78 Å². The van der Waals surface area contributed by atoms with E-state index >= 15 is 0 Å². The molecule has 2 atom stereocenters. The van der Waals surface area contributed by atoms with Gasteiger partial charge in [-0.05, 0) is 61.1 Å². The lowest BCUT2D eigenvalue weighted by Crippen LogP contribution is -2.33. The van der Waals surface area contributed by atoms with Gasteiger partial charge in [-0.15, -0.1) is 5.10 Å². The molecule has 0 bridgehead atoms. The van der Waals surface area contributed by atoms with Crippen LogP contribution in [0.2, 0.25) is 0 Å². The molecule has 2 aromatic carbocycles. The third-order valence-electron chi connectivity index (χ3n) is 6.66. The van der Waals surface area contributed by atoms with Crippen molar-refractivity contribution in [2.75, 3.05) is 26.2 Å². The van der Waals surface area contributed by atoms with E-state index < -0.39 is 11.6 Å². The lowest BCUT2D eigenvalue weighted by Gasteiger charge is -2.21. The number of aromatic nitrogens is 3. The standard InChI is InChI=1S/C24H23F2N5O2/c25-19-4-1-15(20(26)12-19)3-6-23(32)30-9-7-17-13-31(14-18(17)8-10-30)24(33)16-2-5-21-22(11-16)28-29-27-21/h1-6,11-12,17-18H,7-10,13-14H2,(H,27,28,29)/b6-3+/t17-,18+. The van der Waals surface area contributed by atoms with E-state index in [1.54, 1.807) is 17.0 Å². The minimum absolute atomic E-state index is 0.00911. The minimum Gasteiger partial charge on any atom is -0.339 e. The van der Waals surface area contributed by atoms with Gasteiger partial charge >= 0.3 is 0 Å². The number of hydrogen-bond donors (Lipinski definition) is 1. The van der Waals surface area contributed by atoms with Gasteiger partial charge in [-0.1, -0.05) is 5.21 Å². The number of hydrogen-bond acceptors (Lipinski definition) is 4. The first-order valence-electron chi connectivity index (χ1n) is 11.0. The summed E-state index contributed by atoms with van der Waals surface area (Å²) in [5.74, 6) is -0.877. The van der Waals surface area contributed by atoms with Crippen molar-refractivity contribution in [2.24, 2.45) is 11.8 Å². The van der Waals surface area contributed by atoms with Gasteiger partial charge in [0.15, 0.2) is 0 Å². The molecule has 1 aromatic heterocycles. The molecule has 2 saturated heterocycles. The molecular weight excluding hydrogens is 428 g/mol. The minimum atomic E-state index is -0.697. The van der Waals surface area contributed by atoms with Crippen molar-refractivity contribution >= 4 is 28.9 Å². The first kappa shape index (κ1) is 21.2. The second-order valence-electron chi connectivity index (χ2n) is 8.68. The van der Waals surface area contributed by atoms with E-state index in [4.69, 9.17) is 0 Å². The van der Waals surface area contributed by atoms with E-state index in [1.165, 1.54) is 18.2 Å². The first-order valence-corrected chi connectivity index (χ1v) is 11.0. The SMILES string of the molecule is O=C(/C=C/c1ccc(F)cc1F)N1CC[C@@H]2CN(C(=O)c3ccc4[nH]nnc4c3)C[C@@H]2CC1. The number of carbonyl (C=O) groups is 2. The van der Waals surface area contributed by atoms with E-state index in [2.05, 4.69) is 15.4 Å². The van der Waals surface area contributed by atoms with Crippen molar-refractivity contribution in [2.45, 2.75) is 12.8 Å². The largest absolute Gasteiger partial charge is 0.339 e. The molecule has 0 radical (unpaired) electrons. The number of aromatic amines is 1. The average molecular weight is 451 g/mol. The maximum atomic E-state index is 13.8. The van der Waals surface area contributed by atoms with Gasteiger partial charge in [-0.3, -0.25) is 14.7 Å². The maximum absolute atomic E-state index is 13.8. The van der Waals surface area contributed by atoms with Crippen LogP contribution in [-0.4, -0.2) is 63.2 Å². The molecule has 0 aliphatic carbocycles. The summed E-state index contributed by atoms with van der Waals surface area (Å²) in [5.41, 5.74) is 2.23. The van der Waals surface area contributed by atoms with Crippen molar-refractivity contribution in [3.8, 4) is 0 Å². The normalized spacial score (nSPS) is 20.9. The zero-order valence-electron chi connectivity index (χ0n) is 17.9. The highest BCUT2D eigenvalue weighted by molar-refractivity contribution is 5.97. The fourth-order valence-corrected chi connectivity index (χ4v) is 4.79. The Labute approximate surface area is 189 Å². The summed E-state index contributed by atoms with van der Waals surface area (Å²) in [6, 6.07) is 8.63. The number of fused-ring (bicyclic) bond motifs is 2. The van der Waals surface area contributed by atoms with Gasteiger partial charge in [0.05, 0.1) is 5.52 Å². The lowest BCUT2D eigenvalue weighted by molar-refractivity contribution is -0.126. The van der Waals surface area contributed by atoms with E-state index in [0.29, 0.717) is 49.1 Å². The smallest absolute Gasteiger partial charge is 0.253 e. The second-order valence-corrected chi connectivity index (χ2v) is 8.68. The second kappa shape index (κ2) is 8.73. The molecule has 0 saturated carbocycles. The molecule has 0 spiro atoms. The summed E-state index contributed by atoms with van der Waals surface area (Å²) in [6.07, 6.45) is 4.34.